The Morgan fingerprint density at radius 2 is 2.32 bits per heavy atom. The second kappa shape index (κ2) is 6.04. The van der Waals surface area contributed by atoms with Crippen LogP contribution >= 0.6 is 0 Å². The molecule has 0 bridgehead atoms. The lowest BCUT2D eigenvalue weighted by Gasteiger charge is -2.13. The number of nitrogens with one attached hydrogen (secondary N) is 1. The highest BCUT2D eigenvalue weighted by Gasteiger charge is 2.15. The van der Waals surface area contributed by atoms with E-state index in [-0.39, 0.29) is 11.9 Å². The van der Waals surface area contributed by atoms with Gasteiger partial charge in [0.15, 0.2) is 0 Å². The van der Waals surface area contributed by atoms with Crippen molar-refractivity contribution in [2.45, 2.75) is 19.4 Å². The minimum absolute atomic E-state index is 0.0384. The second-order valence-electron chi connectivity index (χ2n) is 4.22. The Hall–Kier alpha value is -2.30. The highest BCUT2D eigenvalue weighted by atomic mass is 16.5. The molecule has 0 radical (unpaired) electrons. The van der Waals surface area contributed by atoms with Crippen LogP contribution < -0.4 is 10.1 Å². The fourth-order valence-corrected chi connectivity index (χ4v) is 1.81. The molecule has 0 saturated heterocycles. The molecule has 19 heavy (non-hydrogen) atoms. The van der Waals surface area contributed by atoms with Crippen molar-refractivity contribution in [2.24, 2.45) is 0 Å². The Morgan fingerprint density at radius 1 is 1.47 bits per heavy atom. The average Bonchev–Trinajstić information content (AvgIpc) is 2.91. The highest BCUT2D eigenvalue weighted by Crippen LogP contribution is 2.13. The van der Waals surface area contributed by atoms with Crippen LogP contribution in [0.2, 0.25) is 0 Å². The van der Waals surface area contributed by atoms with E-state index >= 15 is 0 Å². The fourth-order valence-electron chi connectivity index (χ4n) is 1.81. The largest absolute Gasteiger partial charge is 0.480 e. The van der Waals surface area contributed by atoms with E-state index < -0.39 is 0 Å². The topological polar surface area (TPSA) is 64.4 Å². The summed E-state index contributed by atoms with van der Waals surface area (Å²) in [5.41, 5.74) is 0.427. The molecular weight excluding hydrogens is 244 g/mol. The van der Waals surface area contributed by atoms with E-state index in [4.69, 9.17) is 9.15 Å². The Bertz CT molecular complexity index is 537. The number of aromatic nitrogens is 1. The van der Waals surface area contributed by atoms with E-state index in [9.17, 15) is 4.79 Å². The van der Waals surface area contributed by atoms with Crippen molar-refractivity contribution in [3.8, 4) is 5.88 Å². The SMILES string of the molecule is COc1ncccc1C(=O)N[C@H](C)Cc1ccco1. The number of amides is 1. The van der Waals surface area contributed by atoms with Gasteiger partial charge in [-0.3, -0.25) is 4.79 Å². The normalized spacial score (nSPS) is 11.9. The lowest BCUT2D eigenvalue weighted by atomic mass is 10.1. The van der Waals surface area contributed by atoms with Crippen LogP contribution in [0.3, 0.4) is 0 Å². The van der Waals surface area contributed by atoms with Crippen LogP contribution in [0.15, 0.2) is 41.1 Å². The molecule has 2 heterocycles. The van der Waals surface area contributed by atoms with Crippen LogP contribution in [-0.2, 0) is 6.42 Å². The lowest BCUT2D eigenvalue weighted by molar-refractivity contribution is 0.0935. The molecule has 100 valence electrons. The summed E-state index contributed by atoms with van der Waals surface area (Å²) in [6.45, 7) is 1.92. The first-order chi connectivity index (χ1) is 9.20. The average molecular weight is 260 g/mol. The molecule has 0 unspecified atom stereocenters. The molecule has 1 atom stereocenters. The minimum atomic E-state index is -0.205. The third-order valence-electron chi connectivity index (χ3n) is 2.67. The fraction of sp³-hybridized carbons (Fsp3) is 0.286. The van der Waals surface area contributed by atoms with Gasteiger partial charge < -0.3 is 14.5 Å². The van der Waals surface area contributed by atoms with Gasteiger partial charge in [0.05, 0.1) is 13.4 Å². The van der Waals surface area contributed by atoms with E-state index in [1.807, 2.05) is 19.1 Å². The van der Waals surface area contributed by atoms with Gasteiger partial charge in [-0.15, -0.1) is 0 Å². The molecule has 5 nitrogen and oxygen atoms in total. The van der Waals surface area contributed by atoms with Gasteiger partial charge in [-0.2, -0.15) is 0 Å². The summed E-state index contributed by atoms with van der Waals surface area (Å²) in [6.07, 6.45) is 3.84. The number of nitrogens with zero attached hydrogens (tertiary/aromatic N) is 1. The van der Waals surface area contributed by atoms with E-state index in [1.54, 1.807) is 24.6 Å². The highest BCUT2D eigenvalue weighted by molar-refractivity contribution is 5.96. The number of hydrogen-bond acceptors (Lipinski definition) is 4. The van der Waals surface area contributed by atoms with Gasteiger partial charge >= 0.3 is 0 Å². The van der Waals surface area contributed by atoms with Crippen LogP contribution in [-0.4, -0.2) is 24.0 Å². The van der Waals surface area contributed by atoms with Crippen molar-refractivity contribution in [3.63, 3.8) is 0 Å². The van der Waals surface area contributed by atoms with Crippen molar-refractivity contribution in [3.05, 3.63) is 48.0 Å². The predicted molar refractivity (Wildman–Crippen MR) is 70.1 cm³/mol. The van der Waals surface area contributed by atoms with E-state index in [0.717, 1.165) is 5.76 Å². The van der Waals surface area contributed by atoms with Crippen molar-refractivity contribution < 1.29 is 13.9 Å². The van der Waals surface area contributed by atoms with Crippen LogP contribution in [0.5, 0.6) is 5.88 Å². The van der Waals surface area contributed by atoms with Crippen LogP contribution in [0.4, 0.5) is 0 Å². The molecule has 2 aromatic rings. The van der Waals surface area contributed by atoms with Crippen LogP contribution in [0.25, 0.3) is 0 Å². The standard InChI is InChI=1S/C14H16N2O3/c1-10(9-11-5-4-8-19-11)16-13(17)12-6-3-7-15-14(12)18-2/h3-8,10H,9H2,1-2H3,(H,16,17)/t10-/m1/s1. The van der Waals surface area contributed by atoms with Crippen molar-refractivity contribution in [1.29, 1.82) is 0 Å². The predicted octanol–water partition coefficient (Wildman–Crippen LogP) is 2.04. The zero-order chi connectivity index (χ0) is 13.7. The van der Waals surface area contributed by atoms with Crippen LogP contribution in [0.1, 0.15) is 23.0 Å². The van der Waals surface area contributed by atoms with Gasteiger partial charge in [0, 0.05) is 18.7 Å². The molecule has 0 aliphatic rings. The smallest absolute Gasteiger partial charge is 0.256 e. The summed E-state index contributed by atoms with van der Waals surface area (Å²) in [4.78, 5) is 16.1. The quantitative estimate of drug-likeness (QED) is 0.893. The summed E-state index contributed by atoms with van der Waals surface area (Å²) >= 11 is 0. The zero-order valence-electron chi connectivity index (χ0n) is 10.9. The molecule has 2 aromatic heterocycles. The molecule has 5 heteroatoms. The number of hydrogen-bond donors (Lipinski definition) is 1. The summed E-state index contributed by atoms with van der Waals surface area (Å²) in [5.74, 6) is 0.958. The molecule has 1 amide bonds. The lowest BCUT2D eigenvalue weighted by Crippen LogP contribution is -2.34. The number of pyridine rings is 1. The number of furan rings is 1. The van der Waals surface area contributed by atoms with E-state index in [1.165, 1.54) is 7.11 Å². The summed E-state index contributed by atoms with van der Waals surface area (Å²) < 4.78 is 10.3. The van der Waals surface area contributed by atoms with E-state index in [0.29, 0.717) is 17.9 Å². The maximum Gasteiger partial charge on any atom is 0.256 e. The molecule has 2 rings (SSSR count). The first-order valence-corrected chi connectivity index (χ1v) is 6.03. The zero-order valence-corrected chi connectivity index (χ0v) is 10.9. The van der Waals surface area contributed by atoms with Crippen molar-refractivity contribution in [2.75, 3.05) is 7.11 Å². The number of carbonyl (C=O) groups is 1. The maximum absolute atomic E-state index is 12.1. The van der Waals surface area contributed by atoms with Gasteiger partial charge in [-0.25, -0.2) is 4.98 Å². The summed E-state index contributed by atoms with van der Waals surface area (Å²) in [6, 6.07) is 7.06. The number of methoxy groups -OCH3 is 1. The third-order valence-corrected chi connectivity index (χ3v) is 2.67. The Kier molecular flexibility index (Phi) is 4.18. The van der Waals surface area contributed by atoms with Gasteiger partial charge in [0.1, 0.15) is 11.3 Å². The number of rotatable bonds is 5. The Balaban J connectivity index is 2.00. The molecule has 0 fully saturated rings. The Morgan fingerprint density at radius 3 is 3.00 bits per heavy atom. The first kappa shape index (κ1) is 13.1. The maximum atomic E-state index is 12.1. The summed E-state index contributed by atoms with van der Waals surface area (Å²) in [5, 5.41) is 2.89. The van der Waals surface area contributed by atoms with Gasteiger partial charge in [0.2, 0.25) is 5.88 Å². The monoisotopic (exact) mass is 260 g/mol. The molecular formula is C14H16N2O3. The summed E-state index contributed by atoms with van der Waals surface area (Å²) in [7, 11) is 1.49. The van der Waals surface area contributed by atoms with E-state index in [2.05, 4.69) is 10.3 Å². The number of carbonyl (C=O) groups excluding carboxylic acids is 1. The van der Waals surface area contributed by atoms with Crippen molar-refractivity contribution >= 4 is 5.91 Å². The van der Waals surface area contributed by atoms with Gasteiger partial charge in [-0.1, -0.05) is 0 Å². The second-order valence-corrected chi connectivity index (χ2v) is 4.22. The van der Waals surface area contributed by atoms with Gasteiger partial charge in [-0.05, 0) is 31.2 Å². The molecule has 0 saturated carbocycles. The first-order valence-electron chi connectivity index (χ1n) is 6.03. The van der Waals surface area contributed by atoms with Crippen LogP contribution in [0, 0.1) is 0 Å². The third kappa shape index (κ3) is 3.34. The molecule has 0 spiro atoms. The Labute approximate surface area is 111 Å². The minimum Gasteiger partial charge on any atom is -0.480 e. The van der Waals surface area contributed by atoms with Crippen molar-refractivity contribution in [1.82, 2.24) is 10.3 Å². The molecule has 1 N–H and O–H groups in total. The molecule has 0 aromatic carbocycles. The molecule has 0 aliphatic heterocycles. The van der Waals surface area contributed by atoms with Gasteiger partial charge in [0.25, 0.3) is 5.91 Å². The number of ether oxygens (including phenoxy) is 1. The molecule has 0 aliphatic carbocycles.